The first-order valence-electron chi connectivity index (χ1n) is 7.04. The molecule has 1 aromatic carbocycles. The maximum atomic E-state index is 5.84. The van der Waals surface area contributed by atoms with E-state index in [1.165, 1.54) is 6.54 Å². The second-order valence-electron chi connectivity index (χ2n) is 5.71. The van der Waals surface area contributed by atoms with Gasteiger partial charge in [0.2, 0.25) is 0 Å². The molecule has 0 amide bonds. The molecular weight excluding hydrogens is 334 g/mol. The first-order chi connectivity index (χ1) is 9.47. The van der Waals surface area contributed by atoms with Gasteiger partial charge in [-0.3, -0.25) is 4.90 Å². The molecule has 3 nitrogen and oxygen atoms in total. The van der Waals surface area contributed by atoms with Gasteiger partial charge >= 0.3 is 0 Å². The number of benzene rings is 1. The van der Waals surface area contributed by atoms with E-state index in [1.807, 2.05) is 12.1 Å². The topological polar surface area (TPSA) is 32.5 Å². The minimum Gasteiger partial charge on any atom is -0.389 e. The van der Waals surface area contributed by atoms with Gasteiger partial charge < -0.3 is 10.6 Å². The molecule has 1 aliphatic heterocycles. The third-order valence-corrected chi connectivity index (χ3v) is 4.27. The van der Waals surface area contributed by atoms with Crippen molar-refractivity contribution in [3.8, 4) is 0 Å². The molecule has 1 aliphatic rings. The van der Waals surface area contributed by atoms with Gasteiger partial charge in [0, 0.05) is 48.4 Å². The largest absolute Gasteiger partial charge is 0.389 e. The lowest BCUT2D eigenvalue weighted by Crippen LogP contribution is -2.47. The number of nitrogens with two attached hydrogens (primary N) is 1. The number of anilines is 1. The Bertz CT molecular complexity index is 482. The number of piperazine rings is 1. The highest BCUT2D eigenvalue weighted by molar-refractivity contribution is 9.10. The van der Waals surface area contributed by atoms with Gasteiger partial charge in [-0.25, -0.2) is 0 Å². The van der Waals surface area contributed by atoms with E-state index in [1.54, 1.807) is 0 Å². The van der Waals surface area contributed by atoms with Gasteiger partial charge in [-0.1, -0.05) is 42.0 Å². The summed E-state index contributed by atoms with van der Waals surface area (Å²) in [6, 6.07) is 6.11. The molecule has 0 bridgehead atoms. The van der Waals surface area contributed by atoms with Crippen molar-refractivity contribution in [2.24, 2.45) is 11.7 Å². The SMILES string of the molecule is CC(C)CN1CCN(c2cc(Br)ccc2C(N)=S)CC1. The lowest BCUT2D eigenvalue weighted by atomic mass is 10.1. The van der Waals surface area contributed by atoms with Crippen molar-refractivity contribution in [3.63, 3.8) is 0 Å². The summed E-state index contributed by atoms with van der Waals surface area (Å²) in [4.78, 5) is 5.38. The molecule has 1 fully saturated rings. The number of hydrogen-bond donors (Lipinski definition) is 1. The van der Waals surface area contributed by atoms with Crippen molar-refractivity contribution in [1.29, 1.82) is 0 Å². The molecule has 0 saturated carbocycles. The second kappa shape index (κ2) is 6.87. The normalized spacial score (nSPS) is 16.7. The van der Waals surface area contributed by atoms with Gasteiger partial charge in [0.1, 0.15) is 4.99 Å². The molecule has 110 valence electrons. The van der Waals surface area contributed by atoms with Crippen molar-refractivity contribution in [2.45, 2.75) is 13.8 Å². The molecule has 1 heterocycles. The Hall–Kier alpha value is -0.650. The van der Waals surface area contributed by atoms with Gasteiger partial charge in [0.25, 0.3) is 0 Å². The van der Waals surface area contributed by atoms with Crippen LogP contribution in [0.5, 0.6) is 0 Å². The Balaban J connectivity index is 2.10. The molecule has 2 N–H and O–H groups in total. The molecular formula is C15H22BrN3S. The van der Waals surface area contributed by atoms with Gasteiger partial charge in [-0.2, -0.15) is 0 Å². The lowest BCUT2D eigenvalue weighted by Gasteiger charge is -2.37. The van der Waals surface area contributed by atoms with Crippen LogP contribution in [0.4, 0.5) is 5.69 Å². The van der Waals surface area contributed by atoms with Crippen molar-refractivity contribution in [1.82, 2.24) is 4.90 Å². The van der Waals surface area contributed by atoms with Crippen LogP contribution >= 0.6 is 28.1 Å². The molecule has 1 aromatic rings. The lowest BCUT2D eigenvalue weighted by molar-refractivity contribution is 0.231. The fourth-order valence-electron chi connectivity index (χ4n) is 2.66. The molecule has 5 heteroatoms. The highest BCUT2D eigenvalue weighted by Gasteiger charge is 2.20. The maximum Gasteiger partial charge on any atom is 0.106 e. The van der Waals surface area contributed by atoms with Gasteiger partial charge in [-0.15, -0.1) is 0 Å². The highest BCUT2D eigenvalue weighted by Crippen LogP contribution is 2.26. The van der Waals surface area contributed by atoms with Crippen LogP contribution in [-0.2, 0) is 0 Å². The van der Waals surface area contributed by atoms with E-state index in [9.17, 15) is 0 Å². The van der Waals surface area contributed by atoms with Crippen LogP contribution in [0, 0.1) is 5.92 Å². The Labute approximate surface area is 135 Å². The molecule has 0 aromatic heterocycles. The zero-order valence-electron chi connectivity index (χ0n) is 12.1. The number of rotatable bonds is 4. The number of thiocarbonyl (C=S) groups is 1. The third kappa shape index (κ3) is 3.93. The fraction of sp³-hybridized carbons (Fsp3) is 0.533. The molecule has 1 saturated heterocycles. The minimum atomic E-state index is 0.470. The summed E-state index contributed by atoms with van der Waals surface area (Å²) < 4.78 is 1.07. The fourth-order valence-corrected chi connectivity index (χ4v) is 3.18. The van der Waals surface area contributed by atoms with Crippen molar-refractivity contribution in [3.05, 3.63) is 28.2 Å². The summed E-state index contributed by atoms with van der Waals surface area (Å²) in [6.45, 7) is 9.96. The summed E-state index contributed by atoms with van der Waals surface area (Å²) in [5.74, 6) is 0.722. The van der Waals surface area contributed by atoms with Crippen LogP contribution in [0.3, 0.4) is 0 Å². The van der Waals surface area contributed by atoms with E-state index in [-0.39, 0.29) is 0 Å². The quantitative estimate of drug-likeness (QED) is 0.841. The van der Waals surface area contributed by atoms with E-state index < -0.39 is 0 Å². The van der Waals surface area contributed by atoms with Crippen LogP contribution in [0.25, 0.3) is 0 Å². The van der Waals surface area contributed by atoms with Crippen LogP contribution in [0.2, 0.25) is 0 Å². The molecule has 20 heavy (non-hydrogen) atoms. The molecule has 0 unspecified atom stereocenters. The Morgan fingerprint density at radius 1 is 1.30 bits per heavy atom. The second-order valence-corrected chi connectivity index (χ2v) is 7.06. The van der Waals surface area contributed by atoms with Crippen LogP contribution in [-0.4, -0.2) is 42.6 Å². The van der Waals surface area contributed by atoms with Gasteiger partial charge in [-0.05, 0) is 24.1 Å². The smallest absolute Gasteiger partial charge is 0.106 e. The molecule has 0 spiro atoms. The standard InChI is InChI=1S/C15H22BrN3S/c1-11(2)10-18-5-7-19(8-6-18)14-9-12(16)3-4-13(14)15(17)20/h3-4,9,11H,5-8,10H2,1-2H3,(H2,17,20). The number of halogens is 1. The summed E-state index contributed by atoms with van der Waals surface area (Å²) in [7, 11) is 0. The monoisotopic (exact) mass is 355 g/mol. The van der Waals surface area contributed by atoms with Crippen LogP contribution < -0.4 is 10.6 Å². The summed E-state index contributed by atoms with van der Waals surface area (Å²) in [5, 5.41) is 0. The third-order valence-electron chi connectivity index (χ3n) is 3.56. The number of nitrogens with zero attached hydrogens (tertiary/aromatic N) is 2. The van der Waals surface area contributed by atoms with E-state index in [0.717, 1.165) is 47.8 Å². The average Bonchev–Trinajstić information content (AvgIpc) is 2.38. The summed E-state index contributed by atoms with van der Waals surface area (Å²) in [5.41, 5.74) is 7.97. The molecule has 0 aliphatic carbocycles. The van der Waals surface area contributed by atoms with E-state index in [2.05, 4.69) is 45.6 Å². The first kappa shape index (κ1) is 15.7. The predicted octanol–water partition coefficient (Wildman–Crippen LogP) is 2.86. The van der Waals surface area contributed by atoms with Gasteiger partial charge in [0.05, 0.1) is 0 Å². The average molecular weight is 356 g/mol. The molecule has 0 radical (unpaired) electrons. The summed E-state index contributed by atoms with van der Waals surface area (Å²) in [6.07, 6.45) is 0. The van der Waals surface area contributed by atoms with Gasteiger partial charge in [0.15, 0.2) is 0 Å². The zero-order chi connectivity index (χ0) is 14.7. The predicted molar refractivity (Wildman–Crippen MR) is 93.5 cm³/mol. The van der Waals surface area contributed by atoms with E-state index >= 15 is 0 Å². The Morgan fingerprint density at radius 3 is 2.50 bits per heavy atom. The Morgan fingerprint density at radius 2 is 1.95 bits per heavy atom. The van der Waals surface area contributed by atoms with Crippen molar-refractivity contribution in [2.75, 3.05) is 37.6 Å². The minimum absolute atomic E-state index is 0.470. The van der Waals surface area contributed by atoms with E-state index in [0.29, 0.717) is 4.99 Å². The summed E-state index contributed by atoms with van der Waals surface area (Å²) >= 11 is 8.70. The first-order valence-corrected chi connectivity index (χ1v) is 8.24. The Kier molecular flexibility index (Phi) is 5.41. The molecule has 0 atom stereocenters. The molecule has 2 rings (SSSR count). The van der Waals surface area contributed by atoms with Crippen LogP contribution in [0.1, 0.15) is 19.4 Å². The maximum absolute atomic E-state index is 5.84. The zero-order valence-corrected chi connectivity index (χ0v) is 14.5. The van der Waals surface area contributed by atoms with E-state index in [4.69, 9.17) is 18.0 Å². The number of hydrogen-bond acceptors (Lipinski definition) is 3. The van der Waals surface area contributed by atoms with Crippen molar-refractivity contribution < 1.29 is 0 Å². The highest BCUT2D eigenvalue weighted by atomic mass is 79.9. The van der Waals surface area contributed by atoms with Crippen molar-refractivity contribution >= 4 is 38.8 Å². The van der Waals surface area contributed by atoms with Crippen LogP contribution in [0.15, 0.2) is 22.7 Å².